The molecule has 0 atom stereocenters. The van der Waals surface area contributed by atoms with Gasteiger partial charge in [-0.15, -0.1) is 0 Å². The average molecular weight is 262 g/mol. The van der Waals surface area contributed by atoms with E-state index in [1.54, 1.807) is 12.1 Å². The first kappa shape index (κ1) is 10.6. The molecule has 0 spiro atoms. The fourth-order valence-corrected chi connectivity index (χ4v) is 1.61. The molecule has 0 saturated carbocycles. The summed E-state index contributed by atoms with van der Waals surface area (Å²) in [5.41, 5.74) is 1.03. The Bertz CT molecular complexity index is 323. The summed E-state index contributed by atoms with van der Waals surface area (Å²) in [6.45, 7) is 6.01. The highest BCUT2D eigenvalue weighted by Gasteiger charge is 2.04. The maximum Gasteiger partial charge on any atom is 0.135 e. The van der Waals surface area contributed by atoms with Crippen LogP contribution in [0.1, 0.15) is 5.56 Å². The number of hydrogen-bond donors (Lipinski definition) is 0. The Hall–Kier alpha value is -0.470. The topological polar surface area (TPSA) is 9.23 Å². The Morgan fingerprint density at radius 3 is 2.92 bits per heavy atom. The lowest BCUT2D eigenvalue weighted by Gasteiger charge is -2.07. The van der Waals surface area contributed by atoms with Crippen LogP contribution < -0.4 is 4.74 Å². The number of rotatable bonds is 3. The Kier molecular flexibility index (Phi) is 3.82. The van der Waals surface area contributed by atoms with Crippen molar-refractivity contribution < 1.29 is 4.74 Å². The third-order valence-electron chi connectivity index (χ3n) is 1.57. The minimum absolute atomic E-state index is 0.484. The highest BCUT2D eigenvalue weighted by atomic mass is 79.9. The van der Waals surface area contributed by atoms with E-state index in [4.69, 9.17) is 16.3 Å². The molecule has 0 aliphatic carbocycles. The quantitative estimate of drug-likeness (QED) is 0.748. The first-order chi connectivity index (χ1) is 6.15. The van der Waals surface area contributed by atoms with Crippen LogP contribution in [0.4, 0.5) is 0 Å². The highest BCUT2D eigenvalue weighted by Crippen LogP contribution is 2.30. The third kappa shape index (κ3) is 2.75. The second-order valence-corrected chi connectivity index (χ2v) is 3.89. The van der Waals surface area contributed by atoms with E-state index in [2.05, 4.69) is 22.5 Å². The minimum Gasteiger partial charge on any atom is -0.488 e. The van der Waals surface area contributed by atoms with Crippen molar-refractivity contribution in [3.63, 3.8) is 0 Å². The molecule has 1 aromatic carbocycles. The molecule has 0 aromatic heterocycles. The van der Waals surface area contributed by atoms with E-state index < -0.39 is 0 Å². The Balaban J connectivity index is 2.94. The second-order valence-electron chi connectivity index (χ2n) is 2.63. The third-order valence-corrected chi connectivity index (χ3v) is 2.60. The first-order valence-electron chi connectivity index (χ1n) is 3.84. The van der Waals surface area contributed by atoms with Crippen LogP contribution in [0.15, 0.2) is 29.3 Å². The van der Waals surface area contributed by atoms with Crippen LogP contribution >= 0.6 is 27.5 Å². The summed E-state index contributed by atoms with van der Waals surface area (Å²) in [4.78, 5) is 0. The Morgan fingerprint density at radius 2 is 2.31 bits per heavy atom. The van der Waals surface area contributed by atoms with E-state index in [9.17, 15) is 0 Å². The Morgan fingerprint density at radius 1 is 1.62 bits per heavy atom. The smallest absolute Gasteiger partial charge is 0.135 e. The van der Waals surface area contributed by atoms with Gasteiger partial charge in [-0.1, -0.05) is 24.3 Å². The molecular formula is C10H10BrClO. The number of ether oxygens (including phenoxy) is 1. The van der Waals surface area contributed by atoms with Gasteiger partial charge in [-0.25, -0.2) is 0 Å². The summed E-state index contributed by atoms with van der Waals surface area (Å²) in [5.74, 6) is 0.746. The van der Waals surface area contributed by atoms with Gasteiger partial charge in [0.1, 0.15) is 12.4 Å². The molecule has 0 amide bonds. The number of hydrogen-bond acceptors (Lipinski definition) is 1. The molecule has 0 saturated heterocycles. The molecule has 1 aromatic rings. The molecule has 13 heavy (non-hydrogen) atoms. The molecule has 0 fully saturated rings. The molecule has 0 bridgehead atoms. The predicted octanol–water partition coefficient (Wildman–Crippen LogP) is 3.98. The summed E-state index contributed by atoms with van der Waals surface area (Å²) in [6.07, 6.45) is 1.69. The van der Waals surface area contributed by atoms with Crippen LogP contribution in [0.2, 0.25) is 5.02 Å². The van der Waals surface area contributed by atoms with Crippen molar-refractivity contribution in [1.29, 1.82) is 0 Å². The fourth-order valence-electron chi connectivity index (χ4n) is 0.887. The molecule has 70 valence electrons. The molecule has 0 heterocycles. The van der Waals surface area contributed by atoms with E-state index >= 15 is 0 Å². The summed E-state index contributed by atoms with van der Waals surface area (Å²) in [5, 5.41) is 0.710. The SMILES string of the molecule is C=CCOc1cc(Cl)c(C)cc1Br. The predicted molar refractivity (Wildman–Crippen MR) is 59.6 cm³/mol. The van der Waals surface area contributed by atoms with Crippen molar-refractivity contribution in [3.8, 4) is 5.75 Å². The monoisotopic (exact) mass is 260 g/mol. The summed E-state index contributed by atoms with van der Waals surface area (Å²) >= 11 is 9.33. The molecular weight excluding hydrogens is 251 g/mol. The van der Waals surface area contributed by atoms with E-state index in [-0.39, 0.29) is 0 Å². The van der Waals surface area contributed by atoms with Gasteiger partial charge in [0.25, 0.3) is 0 Å². The number of benzene rings is 1. The zero-order chi connectivity index (χ0) is 9.84. The zero-order valence-electron chi connectivity index (χ0n) is 7.31. The second kappa shape index (κ2) is 4.68. The van der Waals surface area contributed by atoms with E-state index in [0.29, 0.717) is 11.6 Å². The van der Waals surface area contributed by atoms with E-state index in [0.717, 1.165) is 15.8 Å². The first-order valence-corrected chi connectivity index (χ1v) is 5.01. The summed E-state index contributed by atoms with van der Waals surface area (Å²) < 4.78 is 6.29. The fraction of sp³-hybridized carbons (Fsp3) is 0.200. The lowest BCUT2D eigenvalue weighted by Crippen LogP contribution is -1.94. The maximum absolute atomic E-state index is 5.94. The number of halogens is 2. The van der Waals surface area contributed by atoms with Crippen molar-refractivity contribution in [1.82, 2.24) is 0 Å². The highest BCUT2D eigenvalue weighted by molar-refractivity contribution is 9.10. The van der Waals surface area contributed by atoms with Crippen molar-refractivity contribution in [2.75, 3.05) is 6.61 Å². The van der Waals surface area contributed by atoms with E-state index in [1.165, 1.54) is 0 Å². The van der Waals surface area contributed by atoms with Gasteiger partial charge in [0, 0.05) is 11.1 Å². The van der Waals surface area contributed by atoms with Crippen molar-refractivity contribution in [3.05, 3.63) is 39.8 Å². The van der Waals surface area contributed by atoms with Crippen molar-refractivity contribution >= 4 is 27.5 Å². The lowest BCUT2D eigenvalue weighted by atomic mass is 10.2. The number of aryl methyl sites for hydroxylation is 1. The van der Waals surface area contributed by atoms with Gasteiger partial charge in [-0.2, -0.15) is 0 Å². The largest absolute Gasteiger partial charge is 0.488 e. The van der Waals surface area contributed by atoms with Crippen LogP contribution in [-0.4, -0.2) is 6.61 Å². The van der Waals surface area contributed by atoms with E-state index in [1.807, 2.05) is 13.0 Å². The van der Waals surface area contributed by atoms with Gasteiger partial charge in [-0.3, -0.25) is 0 Å². The lowest BCUT2D eigenvalue weighted by molar-refractivity contribution is 0.361. The van der Waals surface area contributed by atoms with Gasteiger partial charge in [0.2, 0.25) is 0 Å². The van der Waals surface area contributed by atoms with Crippen molar-refractivity contribution in [2.24, 2.45) is 0 Å². The summed E-state index contributed by atoms with van der Waals surface area (Å²) in [7, 11) is 0. The molecule has 0 aliphatic heterocycles. The van der Waals surface area contributed by atoms with Gasteiger partial charge in [-0.05, 0) is 34.5 Å². The van der Waals surface area contributed by atoms with Gasteiger partial charge >= 0.3 is 0 Å². The molecule has 0 aliphatic rings. The van der Waals surface area contributed by atoms with Crippen LogP contribution in [0.3, 0.4) is 0 Å². The van der Waals surface area contributed by atoms with Gasteiger partial charge in [0.05, 0.1) is 4.47 Å². The molecule has 0 unspecified atom stereocenters. The standard InChI is InChI=1S/C10H10BrClO/c1-3-4-13-10-6-9(12)7(2)5-8(10)11/h3,5-6H,1,4H2,2H3. The normalized spacial score (nSPS) is 9.77. The van der Waals surface area contributed by atoms with Crippen molar-refractivity contribution in [2.45, 2.75) is 6.92 Å². The van der Waals surface area contributed by atoms with Crippen LogP contribution in [0, 0.1) is 6.92 Å². The maximum atomic E-state index is 5.94. The molecule has 1 rings (SSSR count). The summed E-state index contributed by atoms with van der Waals surface area (Å²) in [6, 6.07) is 3.73. The molecule has 3 heteroatoms. The zero-order valence-corrected chi connectivity index (χ0v) is 9.65. The molecule has 0 N–H and O–H groups in total. The molecule has 0 radical (unpaired) electrons. The van der Waals surface area contributed by atoms with Gasteiger partial charge < -0.3 is 4.74 Å². The van der Waals surface area contributed by atoms with Crippen LogP contribution in [0.25, 0.3) is 0 Å². The molecule has 1 nitrogen and oxygen atoms in total. The Labute approximate surface area is 91.5 Å². The van der Waals surface area contributed by atoms with Crippen LogP contribution in [0.5, 0.6) is 5.75 Å². The minimum atomic E-state index is 0.484. The van der Waals surface area contributed by atoms with Crippen LogP contribution in [-0.2, 0) is 0 Å². The average Bonchev–Trinajstić information content (AvgIpc) is 2.09. The van der Waals surface area contributed by atoms with Gasteiger partial charge in [0.15, 0.2) is 0 Å².